The van der Waals surface area contributed by atoms with E-state index in [1.165, 1.54) is 0 Å². The van der Waals surface area contributed by atoms with Crippen LogP contribution in [0.1, 0.15) is 18.4 Å². The largest absolute Gasteiger partial charge is 0.361 e. The van der Waals surface area contributed by atoms with Crippen molar-refractivity contribution in [1.82, 2.24) is 15.6 Å². The van der Waals surface area contributed by atoms with E-state index in [4.69, 9.17) is 11.6 Å². The molecule has 0 spiro atoms. The Morgan fingerprint density at radius 3 is 2.73 bits per heavy atom. The van der Waals surface area contributed by atoms with Gasteiger partial charge in [0.2, 0.25) is 5.91 Å². The summed E-state index contributed by atoms with van der Waals surface area (Å²) in [6.07, 6.45) is 2.98. The van der Waals surface area contributed by atoms with Gasteiger partial charge in [0.1, 0.15) is 6.04 Å². The SMILES string of the molecule is O=C(CC[C@@H]1NC(=O)N(c2ccccc2)C1=O)NCCc1c[nH]c2ccc(Cl)cc12. The number of carbonyl (C=O) groups excluding carboxylic acids is 3. The Hall–Kier alpha value is -3.32. The molecule has 1 aliphatic rings. The third-order valence-electron chi connectivity index (χ3n) is 5.14. The quantitative estimate of drug-likeness (QED) is 0.507. The lowest BCUT2D eigenvalue weighted by atomic mass is 10.1. The summed E-state index contributed by atoms with van der Waals surface area (Å²) < 4.78 is 0. The number of para-hydroxylation sites is 1. The zero-order chi connectivity index (χ0) is 21.1. The molecule has 1 aromatic heterocycles. The number of anilines is 1. The molecule has 0 bridgehead atoms. The number of imide groups is 1. The highest BCUT2D eigenvalue weighted by Crippen LogP contribution is 2.23. The summed E-state index contributed by atoms with van der Waals surface area (Å²) in [4.78, 5) is 41.2. The molecule has 30 heavy (non-hydrogen) atoms. The molecule has 0 unspecified atom stereocenters. The average molecular weight is 425 g/mol. The van der Waals surface area contributed by atoms with Crippen LogP contribution in [0.2, 0.25) is 5.02 Å². The number of benzene rings is 2. The van der Waals surface area contributed by atoms with Crippen LogP contribution in [0, 0.1) is 0 Å². The number of amides is 4. The molecule has 1 saturated heterocycles. The van der Waals surface area contributed by atoms with Crippen LogP contribution in [0.3, 0.4) is 0 Å². The number of urea groups is 1. The summed E-state index contributed by atoms with van der Waals surface area (Å²) in [5, 5.41) is 7.23. The van der Waals surface area contributed by atoms with Gasteiger partial charge in [-0.15, -0.1) is 0 Å². The van der Waals surface area contributed by atoms with Gasteiger partial charge in [-0.25, -0.2) is 9.69 Å². The standard InChI is InChI=1S/C22H21ClN4O3/c23-15-6-7-18-17(12-15)14(13-25-18)10-11-24-20(28)9-8-19-21(29)27(22(30)26-19)16-4-2-1-3-5-16/h1-7,12-13,19,25H,8-11H2,(H,24,28)(H,26,30)/t19-/m0/s1. The zero-order valence-corrected chi connectivity index (χ0v) is 16.9. The second-order valence-corrected chi connectivity index (χ2v) is 7.59. The maximum Gasteiger partial charge on any atom is 0.329 e. The van der Waals surface area contributed by atoms with E-state index in [2.05, 4.69) is 15.6 Å². The first-order valence-electron chi connectivity index (χ1n) is 9.74. The van der Waals surface area contributed by atoms with Crippen LogP contribution < -0.4 is 15.5 Å². The Bertz CT molecular complexity index is 1100. The molecule has 2 aromatic carbocycles. The monoisotopic (exact) mass is 424 g/mol. The predicted molar refractivity (Wildman–Crippen MR) is 116 cm³/mol. The van der Waals surface area contributed by atoms with E-state index in [0.717, 1.165) is 21.4 Å². The van der Waals surface area contributed by atoms with Crippen molar-refractivity contribution >= 4 is 46.0 Å². The highest BCUT2D eigenvalue weighted by molar-refractivity contribution is 6.31. The van der Waals surface area contributed by atoms with Gasteiger partial charge in [0.05, 0.1) is 5.69 Å². The molecular weight excluding hydrogens is 404 g/mol. The third-order valence-corrected chi connectivity index (χ3v) is 5.37. The van der Waals surface area contributed by atoms with E-state index >= 15 is 0 Å². The Morgan fingerprint density at radius 2 is 1.93 bits per heavy atom. The van der Waals surface area contributed by atoms with E-state index in [0.29, 0.717) is 23.7 Å². The van der Waals surface area contributed by atoms with E-state index in [1.54, 1.807) is 24.3 Å². The van der Waals surface area contributed by atoms with Gasteiger partial charge in [-0.3, -0.25) is 9.59 Å². The van der Waals surface area contributed by atoms with Crippen molar-refractivity contribution in [1.29, 1.82) is 0 Å². The number of nitrogens with one attached hydrogen (secondary N) is 3. The van der Waals surface area contributed by atoms with E-state index < -0.39 is 12.1 Å². The number of aromatic nitrogens is 1. The molecule has 3 N–H and O–H groups in total. The average Bonchev–Trinajstić information content (AvgIpc) is 3.26. The van der Waals surface area contributed by atoms with Gasteiger partial charge in [-0.05, 0) is 48.7 Å². The summed E-state index contributed by atoms with van der Waals surface area (Å²) in [7, 11) is 0. The highest BCUT2D eigenvalue weighted by atomic mass is 35.5. The first kappa shape index (κ1) is 20.0. The second kappa shape index (κ2) is 8.59. The van der Waals surface area contributed by atoms with Crippen molar-refractivity contribution < 1.29 is 14.4 Å². The fraction of sp³-hybridized carbons (Fsp3) is 0.227. The van der Waals surface area contributed by atoms with Gasteiger partial charge >= 0.3 is 6.03 Å². The number of hydrogen-bond donors (Lipinski definition) is 3. The predicted octanol–water partition coefficient (Wildman–Crippen LogP) is 3.39. The molecule has 1 fully saturated rings. The van der Waals surface area contributed by atoms with E-state index in [9.17, 15) is 14.4 Å². The van der Waals surface area contributed by atoms with Crippen molar-refractivity contribution in [3.63, 3.8) is 0 Å². The topological polar surface area (TPSA) is 94.3 Å². The van der Waals surface area contributed by atoms with Crippen molar-refractivity contribution in [2.45, 2.75) is 25.3 Å². The molecule has 7 nitrogen and oxygen atoms in total. The maximum absolute atomic E-state index is 12.5. The molecule has 0 aliphatic carbocycles. The van der Waals surface area contributed by atoms with Crippen LogP contribution in [0.5, 0.6) is 0 Å². The number of nitrogens with zero attached hydrogens (tertiary/aromatic N) is 1. The van der Waals surface area contributed by atoms with Crippen molar-refractivity contribution in [2.75, 3.05) is 11.4 Å². The van der Waals surface area contributed by atoms with Gasteiger partial charge < -0.3 is 15.6 Å². The molecule has 0 radical (unpaired) electrons. The smallest absolute Gasteiger partial charge is 0.329 e. The minimum Gasteiger partial charge on any atom is -0.361 e. The number of rotatable bonds is 7. The summed E-state index contributed by atoms with van der Waals surface area (Å²) >= 11 is 6.06. The van der Waals surface area contributed by atoms with Gasteiger partial charge in [-0.2, -0.15) is 0 Å². The van der Waals surface area contributed by atoms with Crippen LogP contribution in [-0.4, -0.2) is 35.4 Å². The lowest BCUT2D eigenvalue weighted by molar-refractivity contribution is -0.121. The molecule has 2 heterocycles. The van der Waals surface area contributed by atoms with Crippen molar-refractivity contribution in [2.24, 2.45) is 0 Å². The van der Waals surface area contributed by atoms with E-state index in [1.807, 2.05) is 30.5 Å². The zero-order valence-electron chi connectivity index (χ0n) is 16.2. The van der Waals surface area contributed by atoms with E-state index in [-0.39, 0.29) is 24.7 Å². The van der Waals surface area contributed by atoms with Crippen LogP contribution in [0.25, 0.3) is 10.9 Å². The molecule has 1 atom stereocenters. The molecule has 8 heteroatoms. The number of H-pyrrole nitrogens is 1. The van der Waals surface area contributed by atoms with Gasteiger partial charge in [0.25, 0.3) is 5.91 Å². The first-order chi connectivity index (χ1) is 14.5. The lowest BCUT2D eigenvalue weighted by Crippen LogP contribution is -2.33. The van der Waals surface area contributed by atoms with Crippen LogP contribution in [-0.2, 0) is 16.0 Å². The molecular formula is C22H21ClN4O3. The first-order valence-corrected chi connectivity index (χ1v) is 10.1. The molecule has 1 aliphatic heterocycles. The minimum atomic E-state index is -0.695. The third kappa shape index (κ3) is 4.16. The second-order valence-electron chi connectivity index (χ2n) is 7.15. The van der Waals surface area contributed by atoms with Gasteiger partial charge in [0.15, 0.2) is 0 Å². The Labute approximate surface area is 178 Å². The number of halogens is 1. The van der Waals surface area contributed by atoms with Crippen molar-refractivity contribution in [3.05, 3.63) is 65.3 Å². The highest BCUT2D eigenvalue weighted by Gasteiger charge is 2.38. The van der Waals surface area contributed by atoms with Crippen LogP contribution in [0.15, 0.2) is 54.7 Å². The van der Waals surface area contributed by atoms with Gasteiger partial charge in [-0.1, -0.05) is 29.8 Å². The molecule has 154 valence electrons. The number of hydrogen-bond acceptors (Lipinski definition) is 3. The Balaban J connectivity index is 1.26. The number of aromatic amines is 1. The van der Waals surface area contributed by atoms with Gasteiger partial charge in [0, 0.05) is 35.1 Å². The normalized spacial score (nSPS) is 16.2. The Kier molecular flexibility index (Phi) is 5.72. The summed E-state index contributed by atoms with van der Waals surface area (Å²) in [5.74, 6) is -0.497. The fourth-order valence-electron chi connectivity index (χ4n) is 3.61. The molecule has 0 saturated carbocycles. The molecule has 4 amide bonds. The number of fused-ring (bicyclic) bond motifs is 1. The minimum absolute atomic E-state index is 0.152. The Morgan fingerprint density at radius 1 is 1.13 bits per heavy atom. The summed E-state index contributed by atoms with van der Waals surface area (Å²) in [6, 6.07) is 13.2. The lowest BCUT2D eigenvalue weighted by Gasteiger charge is -2.12. The molecule has 4 rings (SSSR count). The van der Waals surface area contributed by atoms with Crippen molar-refractivity contribution in [3.8, 4) is 0 Å². The summed E-state index contributed by atoms with van der Waals surface area (Å²) in [6.45, 7) is 0.472. The molecule has 3 aromatic rings. The summed E-state index contributed by atoms with van der Waals surface area (Å²) in [5.41, 5.74) is 2.59. The number of carbonyl (C=O) groups is 3. The van der Waals surface area contributed by atoms with Crippen LogP contribution in [0.4, 0.5) is 10.5 Å². The maximum atomic E-state index is 12.5. The fourth-order valence-corrected chi connectivity index (χ4v) is 3.78. The van der Waals surface area contributed by atoms with Crippen LogP contribution >= 0.6 is 11.6 Å².